The van der Waals surface area contributed by atoms with E-state index < -0.39 is 5.97 Å². The number of nitrogens with zero attached hydrogens (tertiary/aromatic N) is 3. The first-order chi connectivity index (χ1) is 11.9. The summed E-state index contributed by atoms with van der Waals surface area (Å²) in [6.45, 7) is 5.75. The first kappa shape index (κ1) is 17.9. The lowest BCUT2D eigenvalue weighted by atomic mass is 10.0. The number of thiazole rings is 1. The monoisotopic (exact) mass is 382 g/mol. The summed E-state index contributed by atoms with van der Waals surface area (Å²) in [5.41, 5.74) is 2.01. The van der Waals surface area contributed by atoms with Crippen LogP contribution >= 0.6 is 22.9 Å². The van der Waals surface area contributed by atoms with Crippen LogP contribution in [-0.2, 0) is 4.79 Å². The molecule has 3 rings (SSSR count). The summed E-state index contributed by atoms with van der Waals surface area (Å²) in [4.78, 5) is 34.0. The van der Waals surface area contributed by atoms with Gasteiger partial charge in [-0.1, -0.05) is 29.9 Å². The van der Waals surface area contributed by atoms with Crippen molar-refractivity contribution in [1.82, 2.24) is 10.3 Å². The van der Waals surface area contributed by atoms with Crippen LogP contribution in [0.15, 0.2) is 15.7 Å². The van der Waals surface area contributed by atoms with E-state index in [0.717, 1.165) is 30.2 Å². The van der Waals surface area contributed by atoms with Gasteiger partial charge in [-0.05, 0) is 18.9 Å². The van der Waals surface area contributed by atoms with Crippen molar-refractivity contribution in [3.63, 3.8) is 0 Å². The van der Waals surface area contributed by atoms with Gasteiger partial charge in [-0.3, -0.25) is 4.79 Å². The third-order valence-corrected chi connectivity index (χ3v) is 5.91. The van der Waals surface area contributed by atoms with Crippen LogP contribution < -0.4 is 10.2 Å². The number of carboxylic acid groups (broad SMARTS) is 1. The van der Waals surface area contributed by atoms with E-state index in [1.54, 1.807) is 6.92 Å². The summed E-state index contributed by atoms with van der Waals surface area (Å²) < 4.78 is 0. The molecule has 1 aromatic heterocycles. The Hall–Kier alpha value is -1.93. The van der Waals surface area contributed by atoms with Gasteiger partial charge >= 0.3 is 5.97 Å². The number of hydrogen-bond donors (Lipinski definition) is 2. The van der Waals surface area contributed by atoms with Gasteiger partial charge in [-0.15, -0.1) is 0 Å². The lowest BCUT2D eigenvalue weighted by molar-refractivity contribution is -0.115. The van der Waals surface area contributed by atoms with Crippen molar-refractivity contribution in [3.05, 3.63) is 21.3 Å². The molecule has 0 unspecified atom stereocenters. The molecular weight excluding hydrogens is 364 g/mol. The third kappa shape index (κ3) is 3.69. The van der Waals surface area contributed by atoms with Crippen LogP contribution in [-0.4, -0.2) is 47.3 Å². The minimum absolute atomic E-state index is 0.168. The Morgan fingerprint density at radius 1 is 1.44 bits per heavy atom. The van der Waals surface area contributed by atoms with Gasteiger partial charge < -0.3 is 15.3 Å². The number of aromatic nitrogens is 1. The van der Waals surface area contributed by atoms with Crippen molar-refractivity contribution in [2.75, 3.05) is 24.5 Å². The Morgan fingerprint density at radius 3 is 2.72 bits per heavy atom. The van der Waals surface area contributed by atoms with Gasteiger partial charge in [-0.2, -0.15) is 0 Å². The standard InChI is InChI=1S/C16H19ClN4O3S/c1-3-10-4-11(20-13(10)17)14(22)18-5-9-6-21(7-9)16-19-8(2)12(25-16)15(23)24/h9H,3-7H2,1-2H3,(H,18,22)(H,23,24). The summed E-state index contributed by atoms with van der Waals surface area (Å²) in [6, 6.07) is 0. The first-order valence-electron chi connectivity index (χ1n) is 8.08. The van der Waals surface area contributed by atoms with Crippen molar-refractivity contribution >= 4 is 45.7 Å². The zero-order valence-electron chi connectivity index (χ0n) is 14.0. The van der Waals surface area contributed by atoms with Gasteiger partial charge in [0, 0.05) is 32.0 Å². The average molecular weight is 383 g/mol. The van der Waals surface area contributed by atoms with E-state index in [1.165, 1.54) is 11.3 Å². The van der Waals surface area contributed by atoms with Crippen molar-refractivity contribution in [2.24, 2.45) is 10.9 Å². The predicted octanol–water partition coefficient (Wildman–Crippen LogP) is 2.41. The van der Waals surface area contributed by atoms with E-state index in [2.05, 4.69) is 15.3 Å². The number of rotatable bonds is 6. The maximum atomic E-state index is 12.2. The highest BCUT2D eigenvalue weighted by molar-refractivity contribution is 7.17. The van der Waals surface area contributed by atoms with E-state index in [-0.39, 0.29) is 10.8 Å². The van der Waals surface area contributed by atoms with E-state index in [0.29, 0.717) is 35.4 Å². The van der Waals surface area contributed by atoms with Crippen LogP contribution in [0.3, 0.4) is 0 Å². The van der Waals surface area contributed by atoms with Crippen LogP contribution in [0, 0.1) is 12.8 Å². The molecule has 2 N–H and O–H groups in total. The van der Waals surface area contributed by atoms with Gasteiger partial charge in [0.2, 0.25) is 0 Å². The molecule has 0 bridgehead atoms. The number of nitrogens with one attached hydrogen (secondary N) is 1. The van der Waals surface area contributed by atoms with Crippen LogP contribution in [0.4, 0.5) is 5.13 Å². The second-order valence-electron chi connectivity index (χ2n) is 6.18. The van der Waals surface area contributed by atoms with Gasteiger partial charge in [-0.25, -0.2) is 14.8 Å². The maximum Gasteiger partial charge on any atom is 0.347 e. The maximum absolute atomic E-state index is 12.2. The quantitative estimate of drug-likeness (QED) is 0.736. The fourth-order valence-corrected chi connectivity index (χ4v) is 4.05. The highest BCUT2D eigenvalue weighted by Gasteiger charge is 2.31. The molecule has 3 heterocycles. The number of aromatic carboxylic acids is 1. The fraction of sp³-hybridized carbons (Fsp3) is 0.500. The van der Waals surface area contributed by atoms with E-state index >= 15 is 0 Å². The van der Waals surface area contributed by atoms with E-state index in [1.807, 2.05) is 11.8 Å². The minimum atomic E-state index is -0.943. The number of carbonyl (C=O) groups excluding carboxylic acids is 1. The highest BCUT2D eigenvalue weighted by atomic mass is 35.5. The molecule has 2 aliphatic heterocycles. The van der Waals surface area contributed by atoms with Crippen LogP contribution in [0.5, 0.6) is 0 Å². The van der Waals surface area contributed by atoms with Crippen molar-refractivity contribution in [3.8, 4) is 0 Å². The number of halogens is 1. The number of carbonyl (C=O) groups is 2. The SMILES string of the molecule is CCC1=C(Cl)N=C(C(=O)NCC2CN(c3nc(C)c(C(=O)O)s3)C2)C1. The zero-order chi connectivity index (χ0) is 18.1. The Balaban J connectivity index is 1.45. The van der Waals surface area contributed by atoms with Crippen LogP contribution in [0.25, 0.3) is 0 Å². The number of aliphatic imine (C=N–C) groups is 1. The highest BCUT2D eigenvalue weighted by Crippen LogP contribution is 2.31. The molecule has 1 aromatic rings. The van der Waals surface area contributed by atoms with E-state index in [9.17, 15) is 9.59 Å². The lowest BCUT2D eigenvalue weighted by Crippen LogP contribution is -2.52. The molecular formula is C16H19ClN4O3S. The molecule has 1 saturated heterocycles. The molecule has 2 aliphatic rings. The summed E-state index contributed by atoms with van der Waals surface area (Å²) in [5, 5.41) is 13.2. The van der Waals surface area contributed by atoms with Gasteiger partial charge in [0.15, 0.2) is 5.13 Å². The molecule has 1 amide bonds. The molecule has 25 heavy (non-hydrogen) atoms. The molecule has 0 saturated carbocycles. The van der Waals surface area contributed by atoms with Crippen molar-refractivity contribution in [1.29, 1.82) is 0 Å². The normalized spacial score (nSPS) is 17.6. The molecule has 0 aromatic carbocycles. The smallest absolute Gasteiger partial charge is 0.347 e. The largest absolute Gasteiger partial charge is 0.477 e. The zero-order valence-corrected chi connectivity index (χ0v) is 15.6. The van der Waals surface area contributed by atoms with Crippen molar-refractivity contribution in [2.45, 2.75) is 26.7 Å². The topological polar surface area (TPSA) is 94.9 Å². The molecule has 0 aliphatic carbocycles. The average Bonchev–Trinajstić information content (AvgIpc) is 3.08. The lowest BCUT2D eigenvalue weighted by Gasteiger charge is -2.39. The summed E-state index contributed by atoms with van der Waals surface area (Å²) >= 11 is 7.19. The molecule has 7 nitrogen and oxygen atoms in total. The molecule has 0 radical (unpaired) electrons. The molecule has 0 spiro atoms. The summed E-state index contributed by atoms with van der Waals surface area (Å²) in [6.07, 6.45) is 1.32. The number of carboxylic acids is 1. The number of aryl methyl sites for hydroxylation is 1. The molecule has 134 valence electrons. The second-order valence-corrected chi connectivity index (χ2v) is 7.52. The van der Waals surface area contributed by atoms with Crippen molar-refractivity contribution < 1.29 is 14.7 Å². The number of allylic oxidation sites excluding steroid dienone is 1. The Bertz CT molecular complexity index is 780. The van der Waals surface area contributed by atoms with Crippen LogP contribution in [0.2, 0.25) is 0 Å². The van der Waals surface area contributed by atoms with E-state index in [4.69, 9.17) is 16.7 Å². The molecule has 9 heteroatoms. The Kier molecular flexibility index (Phi) is 5.10. The first-order valence-corrected chi connectivity index (χ1v) is 9.27. The molecule has 0 atom stereocenters. The Labute approximate surface area is 154 Å². The Morgan fingerprint density at radius 2 is 2.16 bits per heavy atom. The van der Waals surface area contributed by atoms with Crippen LogP contribution in [0.1, 0.15) is 35.1 Å². The van der Waals surface area contributed by atoms with Gasteiger partial charge in [0.1, 0.15) is 15.7 Å². The third-order valence-electron chi connectivity index (χ3n) is 4.35. The van der Waals surface area contributed by atoms with Gasteiger partial charge in [0.25, 0.3) is 5.91 Å². The second kappa shape index (κ2) is 7.13. The predicted molar refractivity (Wildman–Crippen MR) is 97.7 cm³/mol. The minimum Gasteiger partial charge on any atom is -0.477 e. The molecule has 1 fully saturated rings. The summed E-state index contributed by atoms with van der Waals surface area (Å²) in [5.74, 6) is -0.794. The fourth-order valence-electron chi connectivity index (χ4n) is 2.82. The number of hydrogen-bond acceptors (Lipinski definition) is 6. The number of amides is 1. The van der Waals surface area contributed by atoms with Gasteiger partial charge in [0.05, 0.1) is 5.69 Å². The summed E-state index contributed by atoms with van der Waals surface area (Å²) in [7, 11) is 0. The number of anilines is 1.